The van der Waals surface area contributed by atoms with E-state index < -0.39 is 15.4 Å². The monoisotopic (exact) mass is 367 g/mol. The minimum absolute atomic E-state index is 0.0447. The predicted molar refractivity (Wildman–Crippen MR) is 95.2 cm³/mol. The van der Waals surface area contributed by atoms with E-state index in [2.05, 4.69) is 14.9 Å². The van der Waals surface area contributed by atoms with E-state index in [1.54, 1.807) is 12.1 Å². The van der Waals surface area contributed by atoms with Crippen molar-refractivity contribution in [2.75, 3.05) is 44.7 Å². The van der Waals surface area contributed by atoms with Crippen molar-refractivity contribution >= 4 is 21.6 Å². The highest BCUT2D eigenvalue weighted by atomic mass is 32.2. The van der Waals surface area contributed by atoms with Crippen LogP contribution in [0.5, 0.6) is 0 Å². The van der Waals surface area contributed by atoms with Gasteiger partial charge >= 0.3 is 0 Å². The van der Waals surface area contributed by atoms with E-state index in [0.717, 1.165) is 18.7 Å². The molecule has 1 aromatic rings. The fourth-order valence-electron chi connectivity index (χ4n) is 3.30. The summed E-state index contributed by atoms with van der Waals surface area (Å²) < 4.78 is 33.1. The molecule has 0 unspecified atom stereocenters. The van der Waals surface area contributed by atoms with Gasteiger partial charge in [0.1, 0.15) is 0 Å². The fourth-order valence-corrected chi connectivity index (χ4v) is 4.34. The van der Waals surface area contributed by atoms with Crippen LogP contribution in [0.1, 0.15) is 25.8 Å². The average Bonchev–Trinajstić information content (AvgIpc) is 2.54. The minimum Gasteiger partial charge on any atom is -0.379 e. The molecule has 0 atom stereocenters. The molecule has 138 valence electrons. The highest BCUT2D eigenvalue weighted by Crippen LogP contribution is 2.38. The Labute approximate surface area is 148 Å². The summed E-state index contributed by atoms with van der Waals surface area (Å²) in [6.07, 6.45) is 0.341. The number of nitrogens with zero attached hydrogens (tertiary/aromatic N) is 1. The number of hydrogen-bond donors (Lipinski definition) is 2. The van der Waals surface area contributed by atoms with Gasteiger partial charge in [0.05, 0.1) is 18.1 Å². The van der Waals surface area contributed by atoms with Gasteiger partial charge < -0.3 is 10.1 Å². The second kappa shape index (κ2) is 7.03. The lowest BCUT2D eigenvalue weighted by Gasteiger charge is -2.32. The Hall–Kier alpha value is -1.48. The van der Waals surface area contributed by atoms with Crippen molar-refractivity contribution in [2.24, 2.45) is 0 Å². The second-order valence-corrected chi connectivity index (χ2v) is 8.93. The number of carbonyl (C=O) groups excluding carboxylic acids is 1. The molecule has 0 saturated carbocycles. The lowest BCUT2D eigenvalue weighted by atomic mass is 9.78. The van der Waals surface area contributed by atoms with Crippen molar-refractivity contribution in [3.05, 3.63) is 23.8 Å². The van der Waals surface area contributed by atoms with Gasteiger partial charge in [-0.3, -0.25) is 9.69 Å². The van der Waals surface area contributed by atoms with Crippen LogP contribution in [0, 0.1) is 0 Å². The van der Waals surface area contributed by atoms with E-state index in [1.807, 2.05) is 13.8 Å². The first kappa shape index (κ1) is 18.3. The van der Waals surface area contributed by atoms with Crippen molar-refractivity contribution in [2.45, 2.75) is 30.6 Å². The van der Waals surface area contributed by atoms with Crippen molar-refractivity contribution < 1.29 is 17.9 Å². The largest absolute Gasteiger partial charge is 0.379 e. The molecule has 2 heterocycles. The number of ether oxygens (including phenoxy) is 1. The van der Waals surface area contributed by atoms with Crippen LogP contribution in [-0.2, 0) is 25.0 Å². The number of anilines is 1. The molecule has 1 aromatic carbocycles. The molecule has 1 fully saturated rings. The Bertz CT molecular complexity index is 755. The third-order valence-corrected chi connectivity index (χ3v) is 6.19. The Morgan fingerprint density at radius 3 is 2.72 bits per heavy atom. The molecule has 3 rings (SSSR count). The number of amides is 1. The lowest BCUT2D eigenvalue weighted by Crippen LogP contribution is -2.41. The number of sulfonamides is 1. The van der Waals surface area contributed by atoms with Gasteiger partial charge in [0.15, 0.2) is 0 Å². The number of nitrogens with one attached hydrogen (secondary N) is 2. The topological polar surface area (TPSA) is 87.7 Å². The summed E-state index contributed by atoms with van der Waals surface area (Å²) in [5, 5.41) is 2.81. The first-order chi connectivity index (χ1) is 11.8. The van der Waals surface area contributed by atoms with Gasteiger partial charge in [0, 0.05) is 43.7 Å². The molecule has 0 aromatic heterocycles. The number of morpholine rings is 1. The third kappa shape index (κ3) is 4.20. The highest BCUT2D eigenvalue weighted by Gasteiger charge is 2.33. The molecule has 0 aliphatic carbocycles. The summed E-state index contributed by atoms with van der Waals surface area (Å²) >= 11 is 0. The summed E-state index contributed by atoms with van der Waals surface area (Å²) in [6, 6.07) is 4.88. The highest BCUT2D eigenvalue weighted by molar-refractivity contribution is 7.89. The van der Waals surface area contributed by atoms with Crippen LogP contribution in [0.15, 0.2) is 23.1 Å². The molecule has 2 aliphatic heterocycles. The first-order valence-electron chi connectivity index (χ1n) is 8.52. The number of fused-ring (bicyclic) bond motifs is 1. The van der Waals surface area contributed by atoms with E-state index in [9.17, 15) is 13.2 Å². The van der Waals surface area contributed by atoms with Crippen LogP contribution in [0.3, 0.4) is 0 Å². The maximum absolute atomic E-state index is 12.6. The smallest absolute Gasteiger partial charge is 0.240 e. The maximum atomic E-state index is 12.6. The van der Waals surface area contributed by atoms with Crippen LogP contribution in [0.25, 0.3) is 0 Å². The van der Waals surface area contributed by atoms with E-state index >= 15 is 0 Å². The third-order valence-electron chi connectivity index (χ3n) is 4.73. The summed E-state index contributed by atoms with van der Waals surface area (Å²) in [5.74, 6) is -0.0447. The zero-order chi connectivity index (χ0) is 18.1. The minimum atomic E-state index is -3.58. The lowest BCUT2D eigenvalue weighted by molar-refractivity contribution is -0.117. The fraction of sp³-hybridized carbons (Fsp3) is 0.588. The van der Waals surface area contributed by atoms with Crippen LogP contribution in [-0.4, -0.2) is 58.6 Å². The standard InChI is InChI=1S/C17H25N3O4S/c1-17(2)12-16(21)19-15-4-3-13(11-14(15)17)25(22,23)18-5-6-20-7-9-24-10-8-20/h3-4,11,18H,5-10,12H2,1-2H3,(H,19,21). The van der Waals surface area contributed by atoms with Crippen molar-refractivity contribution in [1.29, 1.82) is 0 Å². The number of benzene rings is 1. The number of rotatable bonds is 5. The second-order valence-electron chi connectivity index (χ2n) is 7.17. The molecule has 8 heteroatoms. The van der Waals surface area contributed by atoms with Gasteiger partial charge in [0.25, 0.3) is 0 Å². The van der Waals surface area contributed by atoms with Crippen molar-refractivity contribution in [3.8, 4) is 0 Å². The van der Waals surface area contributed by atoms with Crippen LogP contribution < -0.4 is 10.0 Å². The number of hydrogen-bond acceptors (Lipinski definition) is 5. The molecule has 2 N–H and O–H groups in total. The molecule has 1 amide bonds. The maximum Gasteiger partial charge on any atom is 0.240 e. The van der Waals surface area contributed by atoms with Gasteiger partial charge in [-0.05, 0) is 23.8 Å². The van der Waals surface area contributed by atoms with E-state index in [0.29, 0.717) is 38.4 Å². The van der Waals surface area contributed by atoms with E-state index in [-0.39, 0.29) is 10.8 Å². The molecule has 0 spiro atoms. The summed E-state index contributed by atoms with van der Waals surface area (Å²) in [4.78, 5) is 14.2. The normalized spacial score (nSPS) is 20.8. The van der Waals surface area contributed by atoms with Gasteiger partial charge in [-0.1, -0.05) is 13.8 Å². The summed E-state index contributed by atoms with van der Waals surface area (Å²) in [7, 11) is -3.58. The molecule has 2 aliphatic rings. The predicted octanol–water partition coefficient (Wildman–Crippen LogP) is 0.917. The zero-order valence-electron chi connectivity index (χ0n) is 14.7. The quantitative estimate of drug-likeness (QED) is 0.808. The molecule has 25 heavy (non-hydrogen) atoms. The number of carbonyl (C=O) groups is 1. The molecular weight excluding hydrogens is 342 g/mol. The molecular formula is C17H25N3O4S. The summed E-state index contributed by atoms with van der Waals surface area (Å²) in [6.45, 7) is 7.97. The Morgan fingerprint density at radius 2 is 2.00 bits per heavy atom. The van der Waals surface area contributed by atoms with Crippen molar-refractivity contribution in [3.63, 3.8) is 0 Å². The van der Waals surface area contributed by atoms with Crippen LogP contribution in [0.2, 0.25) is 0 Å². The average molecular weight is 367 g/mol. The molecule has 0 bridgehead atoms. The Kier molecular flexibility index (Phi) is 5.15. The van der Waals surface area contributed by atoms with Gasteiger partial charge in [0.2, 0.25) is 15.9 Å². The first-order valence-corrected chi connectivity index (χ1v) is 10.0. The molecule has 7 nitrogen and oxygen atoms in total. The van der Waals surface area contributed by atoms with E-state index in [1.165, 1.54) is 6.07 Å². The van der Waals surface area contributed by atoms with Gasteiger partial charge in [-0.15, -0.1) is 0 Å². The molecule has 1 saturated heterocycles. The SMILES string of the molecule is CC1(C)CC(=O)Nc2ccc(S(=O)(=O)NCCN3CCOCC3)cc21. The van der Waals surface area contributed by atoms with Crippen molar-refractivity contribution in [1.82, 2.24) is 9.62 Å². The zero-order valence-corrected chi connectivity index (χ0v) is 15.5. The Morgan fingerprint density at radius 1 is 1.28 bits per heavy atom. The van der Waals surface area contributed by atoms with Gasteiger partial charge in [-0.2, -0.15) is 0 Å². The van der Waals surface area contributed by atoms with E-state index in [4.69, 9.17) is 4.74 Å². The van der Waals surface area contributed by atoms with Gasteiger partial charge in [-0.25, -0.2) is 13.1 Å². The Balaban J connectivity index is 1.71. The van der Waals surface area contributed by atoms with Crippen LogP contribution in [0.4, 0.5) is 5.69 Å². The van der Waals surface area contributed by atoms with Crippen LogP contribution >= 0.6 is 0 Å². The molecule has 0 radical (unpaired) electrons. The summed E-state index contributed by atoms with van der Waals surface area (Å²) in [5.41, 5.74) is 1.15.